The van der Waals surface area contributed by atoms with Gasteiger partial charge in [-0.15, -0.1) is 10.2 Å². The third-order valence-electron chi connectivity index (χ3n) is 2.96. The Kier molecular flexibility index (Phi) is 4.77. The van der Waals surface area contributed by atoms with Gasteiger partial charge in [-0.1, -0.05) is 0 Å². The SMILES string of the molecule is COCCn1c(CC2CCCO2)nnc1S(=O)(=O)Cl. The maximum absolute atomic E-state index is 11.4. The average molecular weight is 310 g/mol. The highest BCUT2D eigenvalue weighted by molar-refractivity contribution is 8.13. The molecular weight excluding hydrogens is 294 g/mol. The molecule has 7 nitrogen and oxygen atoms in total. The summed E-state index contributed by atoms with van der Waals surface area (Å²) in [6, 6.07) is 0. The molecule has 0 N–H and O–H groups in total. The van der Waals surface area contributed by atoms with E-state index < -0.39 is 9.05 Å². The highest BCUT2D eigenvalue weighted by atomic mass is 35.7. The number of ether oxygens (including phenoxy) is 2. The summed E-state index contributed by atoms with van der Waals surface area (Å²) >= 11 is 0. The number of rotatable bonds is 6. The van der Waals surface area contributed by atoms with E-state index in [2.05, 4.69) is 10.2 Å². The van der Waals surface area contributed by atoms with Gasteiger partial charge in [-0.3, -0.25) is 4.57 Å². The maximum Gasteiger partial charge on any atom is 0.296 e. The van der Waals surface area contributed by atoms with Gasteiger partial charge in [0.05, 0.1) is 12.7 Å². The van der Waals surface area contributed by atoms with Crippen molar-refractivity contribution in [2.75, 3.05) is 20.3 Å². The molecule has 1 fully saturated rings. The molecule has 1 aliphatic heterocycles. The molecule has 108 valence electrons. The van der Waals surface area contributed by atoms with Crippen LogP contribution in [0.15, 0.2) is 5.16 Å². The molecule has 0 aromatic carbocycles. The van der Waals surface area contributed by atoms with Crippen molar-refractivity contribution in [3.05, 3.63) is 5.82 Å². The summed E-state index contributed by atoms with van der Waals surface area (Å²) in [6.45, 7) is 1.43. The fraction of sp³-hybridized carbons (Fsp3) is 0.800. The molecule has 1 aromatic heterocycles. The first-order chi connectivity index (χ1) is 9.02. The smallest absolute Gasteiger partial charge is 0.296 e. The molecule has 1 unspecified atom stereocenters. The van der Waals surface area contributed by atoms with E-state index in [1.807, 2.05) is 0 Å². The van der Waals surface area contributed by atoms with Crippen molar-refractivity contribution in [3.63, 3.8) is 0 Å². The lowest BCUT2D eigenvalue weighted by Crippen LogP contribution is -2.17. The monoisotopic (exact) mass is 309 g/mol. The van der Waals surface area contributed by atoms with E-state index in [-0.39, 0.29) is 11.3 Å². The molecule has 1 aromatic rings. The average Bonchev–Trinajstić information content (AvgIpc) is 2.96. The predicted octanol–water partition coefficient (Wildman–Crippen LogP) is 0.573. The minimum Gasteiger partial charge on any atom is -0.383 e. The van der Waals surface area contributed by atoms with Crippen LogP contribution in [-0.2, 0) is 31.5 Å². The molecule has 2 rings (SSSR count). The normalized spacial score (nSPS) is 20.0. The Hall–Kier alpha value is -0.700. The van der Waals surface area contributed by atoms with Crippen molar-refractivity contribution in [3.8, 4) is 0 Å². The molecule has 0 aliphatic carbocycles. The van der Waals surface area contributed by atoms with E-state index >= 15 is 0 Å². The zero-order valence-corrected chi connectivity index (χ0v) is 12.2. The van der Waals surface area contributed by atoms with Gasteiger partial charge in [0, 0.05) is 37.4 Å². The van der Waals surface area contributed by atoms with E-state index in [1.54, 1.807) is 7.11 Å². The lowest BCUT2D eigenvalue weighted by Gasteiger charge is -2.11. The van der Waals surface area contributed by atoms with Crippen molar-refractivity contribution >= 4 is 19.7 Å². The standard InChI is InChI=1S/C10H16ClN3O4S/c1-17-6-4-14-9(7-8-3-2-5-18-8)12-13-10(14)19(11,15)16/h8H,2-7H2,1H3. The highest BCUT2D eigenvalue weighted by Gasteiger charge is 2.25. The molecular formula is C10H16ClN3O4S. The quantitative estimate of drug-likeness (QED) is 0.715. The van der Waals surface area contributed by atoms with Crippen molar-refractivity contribution in [1.29, 1.82) is 0 Å². The van der Waals surface area contributed by atoms with Gasteiger partial charge in [-0.05, 0) is 12.8 Å². The van der Waals surface area contributed by atoms with Crippen molar-refractivity contribution in [1.82, 2.24) is 14.8 Å². The summed E-state index contributed by atoms with van der Waals surface area (Å²) in [6.07, 6.45) is 2.55. The molecule has 1 atom stereocenters. The zero-order chi connectivity index (χ0) is 13.9. The van der Waals surface area contributed by atoms with Crippen LogP contribution in [0, 0.1) is 0 Å². The highest BCUT2D eigenvalue weighted by Crippen LogP contribution is 2.19. The number of aromatic nitrogens is 3. The van der Waals surface area contributed by atoms with Crippen LogP contribution in [0.2, 0.25) is 0 Å². The van der Waals surface area contributed by atoms with Crippen LogP contribution in [0.1, 0.15) is 18.7 Å². The Morgan fingerprint density at radius 1 is 1.53 bits per heavy atom. The number of hydrogen-bond donors (Lipinski definition) is 0. The van der Waals surface area contributed by atoms with E-state index in [9.17, 15) is 8.42 Å². The second kappa shape index (κ2) is 6.17. The molecule has 0 saturated carbocycles. The summed E-state index contributed by atoms with van der Waals surface area (Å²) < 4.78 is 34.8. The number of halogens is 1. The minimum absolute atomic E-state index is 0.0661. The summed E-state index contributed by atoms with van der Waals surface area (Å²) in [7, 11) is 2.98. The predicted molar refractivity (Wildman–Crippen MR) is 67.6 cm³/mol. The van der Waals surface area contributed by atoms with Gasteiger partial charge < -0.3 is 9.47 Å². The Balaban J connectivity index is 2.23. The van der Waals surface area contributed by atoms with Gasteiger partial charge in [0.25, 0.3) is 14.2 Å². The van der Waals surface area contributed by atoms with Crippen molar-refractivity contribution in [2.24, 2.45) is 0 Å². The largest absolute Gasteiger partial charge is 0.383 e. The minimum atomic E-state index is -3.91. The molecule has 19 heavy (non-hydrogen) atoms. The van der Waals surface area contributed by atoms with Gasteiger partial charge in [-0.25, -0.2) is 8.42 Å². The van der Waals surface area contributed by atoms with E-state index in [0.717, 1.165) is 19.4 Å². The first-order valence-corrected chi connectivity index (χ1v) is 8.30. The van der Waals surface area contributed by atoms with Crippen LogP contribution in [0.4, 0.5) is 0 Å². The zero-order valence-electron chi connectivity index (χ0n) is 10.6. The van der Waals surface area contributed by atoms with Crippen LogP contribution in [0.25, 0.3) is 0 Å². The molecule has 0 amide bonds. The summed E-state index contributed by atoms with van der Waals surface area (Å²) in [5, 5.41) is 7.34. The van der Waals surface area contributed by atoms with Crippen LogP contribution in [-0.4, -0.2) is 49.6 Å². The van der Waals surface area contributed by atoms with Crippen LogP contribution in [0.5, 0.6) is 0 Å². The van der Waals surface area contributed by atoms with Gasteiger partial charge in [-0.2, -0.15) is 0 Å². The number of hydrogen-bond acceptors (Lipinski definition) is 6. The molecule has 1 aliphatic rings. The molecule has 0 spiro atoms. The molecule has 9 heteroatoms. The Morgan fingerprint density at radius 2 is 2.32 bits per heavy atom. The molecule has 1 saturated heterocycles. The van der Waals surface area contributed by atoms with Gasteiger partial charge >= 0.3 is 0 Å². The van der Waals surface area contributed by atoms with Gasteiger partial charge in [0.1, 0.15) is 5.82 Å². The van der Waals surface area contributed by atoms with Crippen LogP contribution in [0.3, 0.4) is 0 Å². The van der Waals surface area contributed by atoms with E-state index in [1.165, 1.54) is 4.57 Å². The van der Waals surface area contributed by atoms with Crippen molar-refractivity contribution in [2.45, 2.75) is 37.1 Å². The van der Waals surface area contributed by atoms with Crippen LogP contribution >= 0.6 is 10.7 Å². The van der Waals surface area contributed by atoms with E-state index in [4.69, 9.17) is 20.2 Å². The molecule has 0 radical (unpaired) electrons. The summed E-state index contributed by atoms with van der Waals surface area (Å²) in [5.74, 6) is 0.558. The summed E-state index contributed by atoms with van der Waals surface area (Å²) in [4.78, 5) is 0. The molecule has 2 heterocycles. The Bertz CT molecular complexity index is 525. The van der Waals surface area contributed by atoms with Crippen molar-refractivity contribution < 1.29 is 17.9 Å². The fourth-order valence-electron chi connectivity index (χ4n) is 2.07. The summed E-state index contributed by atoms with van der Waals surface area (Å²) in [5.41, 5.74) is 0. The lowest BCUT2D eigenvalue weighted by atomic mass is 10.2. The fourth-order valence-corrected chi connectivity index (χ4v) is 3.01. The number of nitrogens with zero attached hydrogens (tertiary/aromatic N) is 3. The topological polar surface area (TPSA) is 83.3 Å². The van der Waals surface area contributed by atoms with E-state index in [0.29, 0.717) is 25.4 Å². The van der Waals surface area contributed by atoms with Gasteiger partial charge in [0.15, 0.2) is 0 Å². The molecule has 0 bridgehead atoms. The second-order valence-electron chi connectivity index (χ2n) is 4.32. The van der Waals surface area contributed by atoms with Gasteiger partial charge in [0.2, 0.25) is 0 Å². The second-order valence-corrected chi connectivity index (χ2v) is 6.78. The first kappa shape index (κ1) is 14.7. The maximum atomic E-state index is 11.4. The first-order valence-electron chi connectivity index (χ1n) is 5.99. The Morgan fingerprint density at radius 3 is 2.89 bits per heavy atom. The van der Waals surface area contributed by atoms with Crippen LogP contribution < -0.4 is 0 Å². The third kappa shape index (κ3) is 3.65. The number of methoxy groups -OCH3 is 1. The Labute approximate surface area is 116 Å². The third-order valence-corrected chi connectivity index (χ3v) is 4.12. The lowest BCUT2D eigenvalue weighted by molar-refractivity contribution is 0.108.